The Morgan fingerprint density at radius 3 is 2.89 bits per heavy atom. The van der Waals surface area contributed by atoms with Crippen LogP contribution in [-0.2, 0) is 4.79 Å². The fourth-order valence-corrected chi connectivity index (χ4v) is 3.11. The van der Waals surface area contributed by atoms with E-state index in [2.05, 4.69) is 26.8 Å². The van der Waals surface area contributed by atoms with E-state index >= 15 is 0 Å². The van der Waals surface area contributed by atoms with Crippen LogP contribution >= 0.6 is 0 Å². The van der Waals surface area contributed by atoms with E-state index in [0.29, 0.717) is 34.4 Å². The Morgan fingerprint density at radius 1 is 1.32 bits per heavy atom. The van der Waals surface area contributed by atoms with Gasteiger partial charge in [0.2, 0.25) is 5.60 Å². The highest BCUT2D eigenvalue weighted by Gasteiger charge is 2.42. The van der Waals surface area contributed by atoms with Gasteiger partial charge < -0.3 is 20.7 Å². The first-order valence-corrected chi connectivity index (χ1v) is 8.63. The van der Waals surface area contributed by atoms with Gasteiger partial charge in [-0.25, -0.2) is 9.97 Å². The average Bonchev–Trinajstić information content (AvgIpc) is 2.95. The fourth-order valence-electron chi connectivity index (χ4n) is 3.11. The Bertz CT molecular complexity index is 1220. The van der Waals surface area contributed by atoms with Crippen molar-refractivity contribution in [2.75, 3.05) is 19.3 Å². The normalized spacial score (nSPS) is 18.9. The van der Waals surface area contributed by atoms with Gasteiger partial charge in [-0.15, -0.1) is 0 Å². The van der Waals surface area contributed by atoms with E-state index in [-0.39, 0.29) is 17.8 Å². The second kappa shape index (κ2) is 6.48. The summed E-state index contributed by atoms with van der Waals surface area (Å²) in [6, 6.07) is 8.54. The van der Waals surface area contributed by atoms with E-state index in [4.69, 9.17) is 5.73 Å². The minimum absolute atomic E-state index is 0.173. The summed E-state index contributed by atoms with van der Waals surface area (Å²) in [4.78, 5) is 36.9. The highest BCUT2D eigenvalue weighted by Crippen LogP contribution is 2.22. The number of amides is 1. The lowest BCUT2D eigenvalue weighted by molar-refractivity contribution is -0.137. The van der Waals surface area contributed by atoms with Gasteiger partial charge in [0.1, 0.15) is 17.2 Å². The van der Waals surface area contributed by atoms with Crippen molar-refractivity contribution in [2.45, 2.75) is 12.0 Å². The Labute approximate surface area is 160 Å². The van der Waals surface area contributed by atoms with Crippen molar-refractivity contribution < 1.29 is 9.90 Å². The number of nitrogens with two attached hydrogens (primary N) is 1. The minimum atomic E-state index is -1.67. The molecule has 2 aromatic heterocycles. The lowest BCUT2D eigenvalue weighted by Crippen LogP contribution is -2.37. The van der Waals surface area contributed by atoms with Crippen molar-refractivity contribution in [3.05, 3.63) is 52.4 Å². The van der Waals surface area contributed by atoms with E-state index in [1.165, 1.54) is 11.1 Å². The van der Waals surface area contributed by atoms with E-state index in [1.807, 2.05) is 0 Å². The number of nitrogens with zero attached hydrogens (tertiary/aromatic N) is 3. The summed E-state index contributed by atoms with van der Waals surface area (Å²) in [5, 5.41) is 10.8. The maximum atomic E-state index is 12.3. The van der Waals surface area contributed by atoms with E-state index < -0.39 is 11.5 Å². The summed E-state index contributed by atoms with van der Waals surface area (Å²) in [6.45, 7) is 0.460. The smallest absolute Gasteiger partial charge is 0.267 e. The first-order valence-electron chi connectivity index (χ1n) is 8.63. The number of hydrogen-bond acceptors (Lipinski definition) is 6. The predicted octanol–water partition coefficient (Wildman–Crippen LogP) is 0.512. The predicted molar refractivity (Wildman–Crippen MR) is 104 cm³/mol. The van der Waals surface area contributed by atoms with Crippen LogP contribution in [0.25, 0.3) is 22.3 Å². The highest BCUT2D eigenvalue weighted by molar-refractivity contribution is 5.90. The molecule has 0 saturated carbocycles. The zero-order valence-corrected chi connectivity index (χ0v) is 15.1. The molecule has 1 aliphatic rings. The van der Waals surface area contributed by atoms with Gasteiger partial charge in [0.15, 0.2) is 0 Å². The molecule has 0 aliphatic carbocycles. The molecule has 1 aliphatic heterocycles. The number of benzene rings is 1. The molecule has 4 rings (SSSR count). The summed E-state index contributed by atoms with van der Waals surface area (Å²) in [6.07, 6.45) is 1.72. The van der Waals surface area contributed by atoms with Gasteiger partial charge in [-0.2, -0.15) is 0 Å². The van der Waals surface area contributed by atoms with E-state index in [0.717, 1.165) is 0 Å². The Morgan fingerprint density at radius 2 is 2.14 bits per heavy atom. The van der Waals surface area contributed by atoms with Crippen LogP contribution in [0.15, 0.2) is 41.3 Å². The SMILES string of the molecule is CN1CC[C@@](O)(C#Cc2cccc(-c3nc4c(N)nccc4c(=O)[nH]3)c2)C1=O. The number of aromatic nitrogens is 3. The number of carbonyl (C=O) groups is 1. The van der Waals surface area contributed by atoms with E-state index in [9.17, 15) is 14.7 Å². The number of likely N-dealkylation sites (tertiary alicyclic amines) is 1. The molecule has 1 amide bonds. The molecule has 8 nitrogen and oxygen atoms in total. The first-order chi connectivity index (χ1) is 13.4. The van der Waals surface area contributed by atoms with Crippen LogP contribution in [0.5, 0.6) is 0 Å². The Hall–Kier alpha value is -3.70. The molecule has 28 heavy (non-hydrogen) atoms. The third-order valence-corrected chi connectivity index (χ3v) is 4.71. The fraction of sp³-hybridized carbons (Fsp3) is 0.200. The van der Waals surface area contributed by atoms with Crippen molar-refractivity contribution in [3.63, 3.8) is 0 Å². The Kier molecular flexibility index (Phi) is 4.09. The average molecular weight is 375 g/mol. The molecule has 140 valence electrons. The lowest BCUT2D eigenvalue weighted by Gasteiger charge is -2.13. The molecule has 3 aromatic rings. The van der Waals surface area contributed by atoms with Crippen LogP contribution in [0.3, 0.4) is 0 Å². The van der Waals surface area contributed by atoms with Gasteiger partial charge >= 0.3 is 0 Å². The summed E-state index contributed by atoms with van der Waals surface area (Å²) >= 11 is 0. The zero-order valence-electron chi connectivity index (χ0n) is 15.1. The number of fused-ring (bicyclic) bond motifs is 1. The van der Waals surface area contributed by atoms with Crippen molar-refractivity contribution in [1.29, 1.82) is 0 Å². The van der Waals surface area contributed by atoms with Gasteiger partial charge in [-0.1, -0.05) is 24.0 Å². The van der Waals surface area contributed by atoms with Crippen LogP contribution < -0.4 is 11.3 Å². The molecule has 3 heterocycles. The van der Waals surface area contributed by atoms with Gasteiger partial charge in [-0.3, -0.25) is 9.59 Å². The molecule has 1 fully saturated rings. The molecule has 0 bridgehead atoms. The van der Waals surface area contributed by atoms with Crippen molar-refractivity contribution in [3.8, 4) is 23.2 Å². The second-order valence-corrected chi connectivity index (χ2v) is 6.67. The maximum absolute atomic E-state index is 12.3. The molecule has 0 radical (unpaired) electrons. The maximum Gasteiger partial charge on any atom is 0.267 e. The summed E-state index contributed by atoms with van der Waals surface area (Å²) in [5.74, 6) is 5.62. The summed E-state index contributed by atoms with van der Waals surface area (Å²) in [5.41, 5.74) is 5.39. The standard InChI is InChI=1S/C20H17N5O3/c1-25-10-8-20(28,19(25)27)7-5-12-3-2-4-13(11-12)17-23-15-14(18(26)24-17)6-9-22-16(15)21/h2-4,6,9,11,28H,8,10H2,1H3,(H2,21,22)(H,23,24,26)/t20-/m0/s1. The van der Waals surface area contributed by atoms with Crippen LogP contribution in [0.2, 0.25) is 0 Å². The third kappa shape index (κ3) is 2.98. The Balaban J connectivity index is 1.74. The van der Waals surface area contributed by atoms with Crippen LogP contribution in [0, 0.1) is 11.8 Å². The molecular formula is C20H17N5O3. The lowest BCUT2D eigenvalue weighted by atomic mass is 10.0. The molecule has 1 atom stereocenters. The molecule has 8 heteroatoms. The summed E-state index contributed by atoms with van der Waals surface area (Å²) in [7, 11) is 1.63. The highest BCUT2D eigenvalue weighted by atomic mass is 16.3. The zero-order chi connectivity index (χ0) is 19.9. The van der Waals surface area contributed by atoms with Crippen molar-refractivity contribution in [2.24, 2.45) is 0 Å². The molecule has 1 aromatic carbocycles. The monoisotopic (exact) mass is 375 g/mol. The van der Waals surface area contributed by atoms with Gasteiger partial charge in [-0.05, 0) is 18.2 Å². The largest absolute Gasteiger partial charge is 0.382 e. The number of likely N-dealkylation sites (N-methyl/N-ethyl adjacent to an activating group) is 1. The third-order valence-electron chi connectivity index (χ3n) is 4.71. The number of aliphatic hydroxyl groups is 1. The quantitative estimate of drug-likeness (QED) is 0.532. The van der Waals surface area contributed by atoms with Crippen molar-refractivity contribution >= 4 is 22.6 Å². The van der Waals surface area contributed by atoms with Gasteiger partial charge in [0.05, 0.1) is 5.39 Å². The number of nitrogen functional groups attached to an aromatic ring is 1. The molecule has 0 unspecified atom stereocenters. The number of aromatic amines is 1. The number of anilines is 1. The van der Waals surface area contributed by atoms with E-state index in [1.54, 1.807) is 37.4 Å². The van der Waals surface area contributed by atoms with Crippen LogP contribution in [-0.4, -0.2) is 50.1 Å². The van der Waals surface area contributed by atoms with Gasteiger partial charge in [0, 0.05) is 37.3 Å². The van der Waals surface area contributed by atoms with Crippen LogP contribution in [0.1, 0.15) is 12.0 Å². The molecule has 4 N–H and O–H groups in total. The molecular weight excluding hydrogens is 358 g/mol. The molecule has 0 spiro atoms. The number of carbonyl (C=O) groups excluding carboxylic acids is 1. The number of rotatable bonds is 1. The minimum Gasteiger partial charge on any atom is -0.382 e. The van der Waals surface area contributed by atoms with Gasteiger partial charge in [0.25, 0.3) is 11.5 Å². The second-order valence-electron chi connectivity index (χ2n) is 6.67. The van der Waals surface area contributed by atoms with Crippen molar-refractivity contribution in [1.82, 2.24) is 19.9 Å². The summed E-state index contributed by atoms with van der Waals surface area (Å²) < 4.78 is 0. The topological polar surface area (TPSA) is 125 Å². The first kappa shape index (κ1) is 17.7. The number of hydrogen-bond donors (Lipinski definition) is 3. The van der Waals surface area contributed by atoms with Crippen LogP contribution in [0.4, 0.5) is 5.82 Å². The number of pyridine rings is 1. The molecule has 1 saturated heterocycles. The number of nitrogens with one attached hydrogen (secondary N) is 1. The number of H-pyrrole nitrogens is 1.